The van der Waals surface area contributed by atoms with E-state index in [-0.39, 0.29) is 0 Å². The molecule has 0 bridgehead atoms. The van der Waals surface area contributed by atoms with Crippen molar-refractivity contribution in [2.24, 2.45) is 7.05 Å². The van der Waals surface area contributed by atoms with Gasteiger partial charge in [0.2, 0.25) is 0 Å². The molecule has 3 aromatic rings. The largest absolute Gasteiger partial charge is 0.334 e. The third kappa shape index (κ3) is 4.94. The minimum Gasteiger partial charge on any atom is -0.334 e. The quantitative estimate of drug-likeness (QED) is 0.420. The van der Waals surface area contributed by atoms with Gasteiger partial charge >= 0.3 is 0 Å². The van der Waals surface area contributed by atoms with Crippen molar-refractivity contribution in [2.45, 2.75) is 0 Å². The highest BCUT2D eigenvalue weighted by atomic mass is 127. The summed E-state index contributed by atoms with van der Waals surface area (Å²) >= 11 is 13.4. The Labute approximate surface area is 146 Å². The number of pyridine rings is 2. The second kappa shape index (κ2) is 7.72. The molecule has 0 radical (unpaired) electrons. The summed E-state index contributed by atoms with van der Waals surface area (Å²) in [6.45, 7) is 0. The Morgan fingerprint density at radius 3 is 2.33 bits per heavy atom. The van der Waals surface area contributed by atoms with Gasteiger partial charge in [-0.3, -0.25) is 0 Å². The molecule has 3 rings (SSSR count). The summed E-state index contributed by atoms with van der Waals surface area (Å²) in [5.74, 6) is 0. The molecule has 3 heterocycles. The highest BCUT2D eigenvalue weighted by Crippen LogP contribution is 2.17. The Bertz CT molecular complexity index is 696. The van der Waals surface area contributed by atoms with Gasteiger partial charge in [-0.1, -0.05) is 23.2 Å². The molecule has 108 valence electrons. The van der Waals surface area contributed by atoms with Crippen LogP contribution >= 0.6 is 45.8 Å². The number of aryl methyl sites for hydroxylation is 1. The first-order valence-electron chi connectivity index (χ1n) is 5.91. The zero-order chi connectivity index (χ0) is 15.2. The lowest BCUT2D eigenvalue weighted by atomic mass is 10.2. The van der Waals surface area contributed by atoms with E-state index in [4.69, 9.17) is 23.2 Å². The van der Waals surface area contributed by atoms with Crippen LogP contribution in [0.15, 0.2) is 49.2 Å². The summed E-state index contributed by atoms with van der Waals surface area (Å²) in [5.41, 5.74) is 2.05. The van der Waals surface area contributed by atoms with E-state index in [1.807, 2.05) is 29.8 Å². The number of hydrogen-bond donors (Lipinski definition) is 0. The molecule has 4 nitrogen and oxygen atoms in total. The van der Waals surface area contributed by atoms with E-state index < -0.39 is 0 Å². The van der Waals surface area contributed by atoms with Crippen molar-refractivity contribution in [3.05, 3.63) is 63.1 Å². The topological polar surface area (TPSA) is 43.6 Å². The standard InChI is InChI=1S/C9H8ClN3.C5H3ClIN/c1-13-6-11-5-8(13)7-2-3-9(10)12-4-7;6-5-3-4(7)1-2-8-5/h2-6H,1H3;1-3H. The third-order valence-electron chi connectivity index (χ3n) is 2.53. The van der Waals surface area contributed by atoms with Crippen LogP contribution in [-0.4, -0.2) is 19.5 Å². The fourth-order valence-electron chi connectivity index (χ4n) is 1.54. The van der Waals surface area contributed by atoms with Crippen LogP contribution in [0.5, 0.6) is 0 Å². The smallest absolute Gasteiger partial charge is 0.130 e. The molecule has 0 amide bonds. The average molecular weight is 433 g/mol. The highest BCUT2D eigenvalue weighted by molar-refractivity contribution is 14.1. The van der Waals surface area contributed by atoms with E-state index in [2.05, 4.69) is 37.5 Å². The molecule has 0 aliphatic rings. The minimum absolute atomic E-state index is 0.505. The van der Waals surface area contributed by atoms with Crippen LogP contribution in [0, 0.1) is 3.57 Å². The van der Waals surface area contributed by atoms with E-state index >= 15 is 0 Å². The fraction of sp³-hybridized carbons (Fsp3) is 0.0714. The van der Waals surface area contributed by atoms with Gasteiger partial charge in [0, 0.05) is 28.6 Å². The fourth-order valence-corrected chi connectivity index (χ4v) is 2.47. The van der Waals surface area contributed by atoms with Crippen LogP contribution in [0.2, 0.25) is 10.3 Å². The Balaban J connectivity index is 0.000000173. The molecule has 0 aromatic carbocycles. The number of halogens is 3. The first kappa shape index (κ1) is 16.2. The highest BCUT2D eigenvalue weighted by Gasteiger charge is 2.01. The molecular weight excluding hydrogens is 422 g/mol. The van der Waals surface area contributed by atoms with Crippen LogP contribution in [0.4, 0.5) is 0 Å². The van der Waals surface area contributed by atoms with Crippen LogP contribution in [0.1, 0.15) is 0 Å². The van der Waals surface area contributed by atoms with Crippen molar-refractivity contribution in [1.29, 1.82) is 0 Å². The summed E-state index contributed by atoms with van der Waals surface area (Å²) in [4.78, 5) is 11.8. The van der Waals surface area contributed by atoms with Gasteiger partial charge in [-0.25, -0.2) is 15.0 Å². The molecule has 3 aromatic heterocycles. The van der Waals surface area contributed by atoms with E-state index in [9.17, 15) is 0 Å². The zero-order valence-electron chi connectivity index (χ0n) is 11.0. The van der Waals surface area contributed by atoms with Crippen molar-refractivity contribution in [3.63, 3.8) is 0 Å². The van der Waals surface area contributed by atoms with Crippen molar-refractivity contribution in [1.82, 2.24) is 19.5 Å². The van der Waals surface area contributed by atoms with Crippen LogP contribution in [0.25, 0.3) is 11.3 Å². The number of imidazole rings is 1. The van der Waals surface area contributed by atoms with Crippen LogP contribution in [0.3, 0.4) is 0 Å². The summed E-state index contributed by atoms with van der Waals surface area (Å²) in [6.07, 6.45) is 6.97. The molecule has 7 heteroatoms. The maximum absolute atomic E-state index is 5.68. The molecule has 0 unspecified atom stereocenters. The van der Waals surface area contributed by atoms with Crippen molar-refractivity contribution < 1.29 is 0 Å². The predicted octanol–water partition coefficient (Wildman–Crippen LogP) is 4.48. The number of nitrogens with zero attached hydrogens (tertiary/aromatic N) is 4. The summed E-state index contributed by atoms with van der Waals surface area (Å²) in [5, 5.41) is 1.06. The number of rotatable bonds is 1. The Morgan fingerprint density at radius 1 is 1.05 bits per heavy atom. The number of aromatic nitrogens is 4. The van der Waals surface area contributed by atoms with Crippen molar-refractivity contribution in [3.8, 4) is 11.3 Å². The third-order valence-corrected chi connectivity index (χ3v) is 3.63. The van der Waals surface area contributed by atoms with E-state index in [1.165, 1.54) is 0 Å². The van der Waals surface area contributed by atoms with Gasteiger partial charge in [0.25, 0.3) is 0 Å². The average Bonchev–Trinajstić information content (AvgIpc) is 2.86. The van der Waals surface area contributed by atoms with Gasteiger partial charge in [-0.05, 0) is 46.9 Å². The monoisotopic (exact) mass is 432 g/mol. The predicted molar refractivity (Wildman–Crippen MR) is 93.4 cm³/mol. The molecule has 0 spiro atoms. The molecule has 0 aliphatic carbocycles. The van der Waals surface area contributed by atoms with Crippen LogP contribution < -0.4 is 0 Å². The van der Waals surface area contributed by atoms with Gasteiger partial charge < -0.3 is 4.57 Å². The first-order valence-corrected chi connectivity index (χ1v) is 7.75. The SMILES string of the molecule is Clc1cc(I)ccn1.Cn1cncc1-c1ccc(Cl)nc1. The Morgan fingerprint density at radius 2 is 1.86 bits per heavy atom. The molecule has 0 saturated heterocycles. The molecular formula is C14H11Cl2IN4. The van der Waals surface area contributed by atoms with Crippen molar-refractivity contribution in [2.75, 3.05) is 0 Å². The molecule has 21 heavy (non-hydrogen) atoms. The minimum atomic E-state index is 0.505. The maximum Gasteiger partial charge on any atom is 0.130 e. The molecule has 0 atom stereocenters. The van der Waals surface area contributed by atoms with Gasteiger partial charge in [0.1, 0.15) is 10.3 Å². The molecule has 0 saturated carbocycles. The lowest BCUT2D eigenvalue weighted by Crippen LogP contribution is -1.89. The Hall–Kier alpha value is -1.18. The van der Waals surface area contributed by atoms with E-state index in [1.54, 1.807) is 31.0 Å². The first-order chi connectivity index (χ1) is 10.1. The van der Waals surface area contributed by atoms with Gasteiger partial charge in [-0.15, -0.1) is 0 Å². The number of hydrogen-bond acceptors (Lipinski definition) is 3. The van der Waals surface area contributed by atoms with Gasteiger partial charge in [0.05, 0.1) is 18.2 Å². The molecule has 0 aliphatic heterocycles. The van der Waals surface area contributed by atoms with E-state index in [0.717, 1.165) is 14.8 Å². The summed E-state index contributed by atoms with van der Waals surface area (Å²) in [6, 6.07) is 7.39. The normalized spacial score (nSPS) is 9.90. The lowest BCUT2D eigenvalue weighted by molar-refractivity contribution is 0.920. The summed E-state index contributed by atoms with van der Waals surface area (Å²) < 4.78 is 3.05. The van der Waals surface area contributed by atoms with E-state index in [0.29, 0.717) is 10.3 Å². The second-order valence-electron chi connectivity index (χ2n) is 4.06. The lowest BCUT2D eigenvalue weighted by Gasteiger charge is -2.00. The van der Waals surface area contributed by atoms with Crippen LogP contribution in [-0.2, 0) is 7.05 Å². The second-order valence-corrected chi connectivity index (χ2v) is 6.08. The Kier molecular flexibility index (Phi) is 5.96. The van der Waals surface area contributed by atoms with Gasteiger partial charge in [0.15, 0.2) is 0 Å². The van der Waals surface area contributed by atoms with Gasteiger partial charge in [-0.2, -0.15) is 0 Å². The molecule has 0 fully saturated rings. The zero-order valence-corrected chi connectivity index (χ0v) is 14.7. The molecule has 0 N–H and O–H groups in total. The van der Waals surface area contributed by atoms with Crippen molar-refractivity contribution >= 4 is 45.8 Å². The maximum atomic E-state index is 5.68. The summed E-state index contributed by atoms with van der Waals surface area (Å²) in [7, 11) is 1.94.